The summed E-state index contributed by atoms with van der Waals surface area (Å²) >= 11 is 6.04. The second kappa shape index (κ2) is 5.23. The summed E-state index contributed by atoms with van der Waals surface area (Å²) in [6.45, 7) is 6.01. The highest BCUT2D eigenvalue weighted by Gasteiger charge is 2.24. The van der Waals surface area contributed by atoms with Crippen molar-refractivity contribution in [1.29, 1.82) is 0 Å². The van der Waals surface area contributed by atoms with Gasteiger partial charge in [-0.05, 0) is 37.8 Å². The van der Waals surface area contributed by atoms with Crippen LogP contribution >= 0.6 is 11.6 Å². The zero-order chi connectivity index (χ0) is 12.4. The summed E-state index contributed by atoms with van der Waals surface area (Å²) in [5.41, 5.74) is 6.43. The van der Waals surface area contributed by atoms with E-state index >= 15 is 0 Å². The number of nitrogens with zero attached hydrogens (tertiary/aromatic N) is 2. The molecule has 0 aliphatic carbocycles. The Morgan fingerprint density at radius 2 is 2.18 bits per heavy atom. The first-order valence-electron chi connectivity index (χ1n) is 6.24. The number of halogens is 1. The number of hydrogen-bond donors (Lipinski definition) is 1. The SMILES string of the molecule is CC1CCC(C)N(c2ccc(Cl)c(CN)n2)C1. The Morgan fingerprint density at radius 1 is 1.41 bits per heavy atom. The van der Waals surface area contributed by atoms with Crippen LogP contribution < -0.4 is 10.6 Å². The van der Waals surface area contributed by atoms with Gasteiger partial charge in [0.05, 0.1) is 10.7 Å². The summed E-state index contributed by atoms with van der Waals surface area (Å²) in [5, 5.41) is 0.661. The smallest absolute Gasteiger partial charge is 0.129 e. The van der Waals surface area contributed by atoms with Gasteiger partial charge < -0.3 is 10.6 Å². The zero-order valence-corrected chi connectivity index (χ0v) is 11.2. The van der Waals surface area contributed by atoms with E-state index < -0.39 is 0 Å². The van der Waals surface area contributed by atoms with Crippen molar-refractivity contribution in [3.05, 3.63) is 22.8 Å². The summed E-state index contributed by atoms with van der Waals surface area (Å²) < 4.78 is 0. The number of pyridine rings is 1. The van der Waals surface area contributed by atoms with E-state index in [0.29, 0.717) is 17.6 Å². The largest absolute Gasteiger partial charge is 0.354 e. The van der Waals surface area contributed by atoms with E-state index in [0.717, 1.165) is 24.0 Å². The maximum absolute atomic E-state index is 6.04. The molecule has 1 fully saturated rings. The second-order valence-corrected chi connectivity index (χ2v) is 5.39. The van der Waals surface area contributed by atoms with Crippen LogP contribution in [0.25, 0.3) is 0 Å². The van der Waals surface area contributed by atoms with Crippen molar-refractivity contribution >= 4 is 17.4 Å². The Bertz CT molecular complexity index is 394. The maximum atomic E-state index is 6.04. The van der Waals surface area contributed by atoms with Crippen molar-refractivity contribution in [3.63, 3.8) is 0 Å². The Morgan fingerprint density at radius 3 is 2.88 bits per heavy atom. The predicted molar refractivity (Wildman–Crippen MR) is 72.3 cm³/mol. The summed E-state index contributed by atoms with van der Waals surface area (Å²) in [6.07, 6.45) is 2.53. The molecule has 2 N–H and O–H groups in total. The Kier molecular flexibility index (Phi) is 3.89. The first-order chi connectivity index (χ1) is 8.11. The third-order valence-corrected chi connectivity index (χ3v) is 3.85. The zero-order valence-electron chi connectivity index (χ0n) is 10.5. The maximum Gasteiger partial charge on any atom is 0.129 e. The highest BCUT2D eigenvalue weighted by atomic mass is 35.5. The first-order valence-corrected chi connectivity index (χ1v) is 6.61. The molecule has 2 unspecified atom stereocenters. The van der Waals surface area contributed by atoms with E-state index in [9.17, 15) is 0 Å². The van der Waals surface area contributed by atoms with Gasteiger partial charge in [0.2, 0.25) is 0 Å². The quantitative estimate of drug-likeness (QED) is 0.881. The minimum atomic E-state index is 0.393. The number of hydrogen-bond acceptors (Lipinski definition) is 3. The summed E-state index contributed by atoms with van der Waals surface area (Å²) in [4.78, 5) is 6.93. The highest BCUT2D eigenvalue weighted by molar-refractivity contribution is 6.31. The molecule has 0 bridgehead atoms. The molecular weight excluding hydrogens is 234 g/mol. The normalized spacial score (nSPS) is 25.1. The second-order valence-electron chi connectivity index (χ2n) is 4.99. The van der Waals surface area contributed by atoms with Crippen molar-refractivity contribution in [3.8, 4) is 0 Å². The van der Waals surface area contributed by atoms with Crippen LogP contribution in [0.15, 0.2) is 12.1 Å². The monoisotopic (exact) mass is 253 g/mol. The van der Waals surface area contributed by atoms with E-state index in [-0.39, 0.29) is 0 Å². The van der Waals surface area contributed by atoms with E-state index in [4.69, 9.17) is 17.3 Å². The van der Waals surface area contributed by atoms with Crippen molar-refractivity contribution in [2.24, 2.45) is 11.7 Å². The molecule has 1 aromatic rings. The third kappa shape index (κ3) is 2.72. The van der Waals surface area contributed by atoms with E-state index in [1.165, 1.54) is 12.8 Å². The lowest BCUT2D eigenvalue weighted by Crippen LogP contribution is -2.41. The van der Waals surface area contributed by atoms with Crippen molar-refractivity contribution in [2.45, 2.75) is 39.3 Å². The lowest BCUT2D eigenvalue weighted by atomic mass is 9.95. The molecule has 94 valence electrons. The van der Waals surface area contributed by atoms with Crippen LogP contribution in [0.3, 0.4) is 0 Å². The van der Waals surface area contributed by atoms with Gasteiger partial charge in [0.1, 0.15) is 5.82 Å². The predicted octanol–water partition coefficient (Wildman–Crippen LogP) is 2.82. The molecule has 0 saturated carbocycles. The van der Waals surface area contributed by atoms with Crippen molar-refractivity contribution in [2.75, 3.05) is 11.4 Å². The molecule has 1 aliphatic heterocycles. The fourth-order valence-corrected chi connectivity index (χ4v) is 2.57. The number of anilines is 1. The molecule has 0 amide bonds. The Hall–Kier alpha value is -0.800. The molecule has 2 heterocycles. The average molecular weight is 254 g/mol. The van der Waals surface area contributed by atoms with Gasteiger partial charge in [0.25, 0.3) is 0 Å². The van der Waals surface area contributed by atoms with Gasteiger partial charge in [-0.1, -0.05) is 18.5 Å². The van der Waals surface area contributed by atoms with Crippen LogP contribution in [0.2, 0.25) is 5.02 Å². The standard InChI is InChI=1S/C13H20ClN3/c1-9-3-4-10(2)17(8-9)13-6-5-11(14)12(7-15)16-13/h5-6,9-10H,3-4,7-8,15H2,1-2H3. The van der Waals surface area contributed by atoms with Crippen molar-refractivity contribution < 1.29 is 0 Å². The van der Waals surface area contributed by atoms with Gasteiger partial charge in [-0.3, -0.25) is 0 Å². The van der Waals surface area contributed by atoms with Gasteiger partial charge in [0, 0.05) is 19.1 Å². The molecular formula is C13H20ClN3. The van der Waals surface area contributed by atoms with E-state index in [1.807, 2.05) is 12.1 Å². The summed E-state index contributed by atoms with van der Waals surface area (Å²) in [6, 6.07) is 4.44. The van der Waals surface area contributed by atoms with Crippen molar-refractivity contribution in [1.82, 2.24) is 4.98 Å². The molecule has 4 heteroatoms. The Balaban J connectivity index is 2.26. The summed E-state index contributed by atoms with van der Waals surface area (Å²) in [5.74, 6) is 1.74. The lowest BCUT2D eigenvalue weighted by molar-refractivity contribution is 0.388. The molecule has 17 heavy (non-hydrogen) atoms. The Labute approximate surface area is 108 Å². The molecule has 1 aliphatic rings. The lowest BCUT2D eigenvalue weighted by Gasteiger charge is -2.37. The summed E-state index contributed by atoms with van der Waals surface area (Å²) in [7, 11) is 0. The van der Waals surface area contributed by atoms with Gasteiger partial charge >= 0.3 is 0 Å². The molecule has 1 aromatic heterocycles. The van der Waals surface area contributed by atoms with Crippen LogP contribution in [0.4, 0.5) is 5.82 Å². The number of rotatable bonds is 2. The van der Waals surface area contributed by atoms with Crippen LogP contribution in [-0.4, -0.2) is 17.6 Å². The topological polar surface area (TPSA) is 42.1 Å². The number of aromatic nitrogens is 1. The minimum absolute atomic E-state index is 0.393. The van der Waals surface area contributed by atoms with Gasteiger partial charge in [-0.15, -0.1) is 0 Å². The van der Waals surface area contributed by atoms with E-state index in [2.05, 4.69) is 23.7 Å². The number of nitrogens with two attached hydrogens (primary N) is 1. The minimum Gasteiger partial charge on any atom is -0.354 e. The van der Waals surface area contributed by atoms with E-state index in [1.54, 1.807) is 0 Å². The first kappa shape index (κ1) is 12.7. The molecule has 0 spiro atoms. The van der Waals surface area contributed by atoms with Gasteiger partial charge in [0.15, 0.2) is 0 Å². The molecule has 3 nitrogen and oxygen atoms in total. The van der Waals surface area contributed by atoms with Crippen LogP contribution in [0.1, 0.15) is 32.4 Å². The number of piperidine rings is 1. The van der Waals surface area contributed by atoms with Gasteiger partial charge in [-0.25, -0.2) is 4.98 Å². The van der Waals surface area contributed by atoms with Gasteiger partial charge in [-0.2, -0.15) is 0 Å². The fraction of sp³-hybridized carbons (Fsp3) is 0.615. The third-order valence-electron chi connectivity index (χ3n) is 3.51. The average Bonchev–Trinajstić information content (AvgIpc) is 2.33. The molecule has 0 radical (unpaired) electrons. The van der Waals surface area contributed by atoms with Crippen LogP contribution in [0.5, 0.6) is 0 Å². The molecule has 2 rings (SSSR count). The fourth-order valence-electron chi connectivity index (χ4n) is 2.38. The molecule has 1 saturated heterocycles. The molecule has 0 aromatic carbocycles. The van der Waals surface area contributed by atoms with Crippen LogP contribution in [0, 0.1) is 5.92 Å². The highest BCUT2D eigenvalue weighted by Crippen LogP contribution is 2.27. The molecule has 2 atom stereocenters. The van der Waals surface area contributed by atoms with Crippen LogP contribution in [-0.2, 0) is 6.54 Å².